The van der Waals surface area contributed by atoms with Gasteiger partial charge in [0.05, 0.1) is 12.0 Å². The predicted molar refractivity (Wildman–Crippen MR) is 128 cm³/mol. The van der Waals surface area contributed by atoms with E-state index in [1.54, 1.807) is 24.3 Å². The number of methoxy groups -OCH3 is 1. The van der Waals surface area contributed by atoms with Crippen molar-refractivity contribution in [2.75, 3.05) is 23.8 Å². The van der Waals surface area contributed by atoms with E-state index in [9.17, 15) is 13.2 Å². The molecule has 0 spiro atoms. The first kappa shape index (κ1) is 23.6. The molecule has 0 unspecified atom stereocenters. The number of ether oxygens (including phenoxy) is 2. The normalized spacial score (nSPS) is 11.0. The summed E-state index contributed by atoms with van der Waals surface area (Å²) in [6.45, 7) is 3.65. The van der Waals surface area contributed by atoms with Gasteiger partial charge in [-0.25, -0.2) is 8.42 Å². The molecule has 0 aliphatic rings. The molecule has 0 saturated heterocycles. The first-order chi connectivity index (χ1) is 15.2. The van der Waals surface area contributed by atoms with Gasteiger partial charge < -0.3 is 14.8 Å². The molecule has 0 heterocycles. The van der Waals surface area contributed by atoms with Crippen LogP contribution in [0.1, 0.15) is 11.1 Å². The highest BCUT2D eigenvalue weighted by Gasteiger charge is 2.15. The molecule has 0 bridgehead atoms. The molecule has 7 nitrogen and oxygen atoms in total. The molecule has 32 heavy (non-hydrogen) atoms. The van der Waals surface area contributed by atoms with Crippen molar-refractivity contribution in [3.63, 3.8) is 0 Å². The Morgan fingerprint density at radius 3 is 2.06 bits per heavy atom. The zero-order valence-corrected chi connectivity index (χ0v) is 20.2. The molecule has 0 aliphatic heterocycles. The minimum absolute atomic E-state index is 0.0729. The second-order valence-corrected chi connectivity index (χ2v) is 9.66. The summed E-state index contributed by atoms with van der Waals surface area (Å²) in [7, 11) is -2.23. The third kappa shape index (κ3) is 6.02. The largest absolute Gasteiger partial charge is 0.497 e. The van der Waals surface area contributed by atoms with E-state index in [1.807, 2.05) is 26.0 Å². The van der Waals surface area contributed by atoms with E-state index in [1.165, 1.54) is 31.4 Å². The Bertz CT molecular complexity index is 1190. The van der Waals surface area contributed by atoms with Crippen molar-refractivity contribution < 1.29 is 22.7 Å². The van der Waals surface area contributed by atoms with Gasteiger partial charge in [0.15, 0.2) is 6.61 Å². The lowest BCUT2D eigenvalue weighted by molar-refractivity contribution is -0.118. The monoisotopic (exact) mass is 518 g/mol. The van der Waals surface area contributed by atoms with Crippen LogP contribution in [0.15, 0.2) is 70.0 Å². The second-order valence-electron chi connectivity index (χ2n) is 7.06. The Labute approximate surface area is 195 Å². The number of hydrogen-bond donors (Lipinski definition) is 2. The maximum atomic E-state index is 12.6. The molecule has 3 rings (SSSR count). The summed E-state index contributed by atoms with van der Waals surface area (Å²) in [4.78, 5) is 12.3. The van der Waals surface area contributed by atoms with E-state index in [0.29, 0.717) is 22.9 Å². The fraction of sp³-hybridized carbons (Fsp3) is 0.174. The number of hydrogen-bond acceptors (Lipinski definition) is 5. The topological polar surface area (TPSA) is 93.7 Å². The van der Waals surface area contributed by atoms with Gasteiger partial charge in [0.2, 0.25) is 0 Å². The van der Waals surface area contributed by atoms with E-state index in [-0.39, 0.29) is 17.4 Å². The number of benzene rings is 3. The maximum Gasteiger partial charge on any atom is 0.262 e. The highest BCUT2D eigenvalue weighted by molar-refractivity contribution is 9.10. The molecule has 3 aromatic rings. The number of amides is 1. The van der Waals surface area contributed by atoms with Crippen molar-refractivity contribution in [2.24, 2.45) is 0 Å². The summed E-state index contributed by atoms with van der Waals surface area (Å²) in [5.74, 6) is 0.940. The molecule has 0 saturated carbocycles. The summed E-state index contributed by atoms with van der Waals surface area (Å²) >= 11 is 3.43. The number of rotatable bonds is 8. The summed E-state index contributed by atoms with van der Waals surface area (Å²) in [6, 6.07) is 16.3. The van der Waals surface area contributed by atoms with Crippen molar-refractivity contribution in [1.29, 1.82) is 0 Å². The fourth-order valence-electron chi connectivity index (χ4n) is 3.05. The van der Waals surface area contributed by atoms with Crippen molar-refractivity contribution >= 4 is 43.2 Å². The molecule has 0 aliphatic carbocycles. The van der Waals surface area contributed by atoms with Gasteiger partial charge in [-0.2, -0.15) is 0 Å². The summed E-state index contributed by atoms with van der Waals surface area (Å²) in [5, 5.41) is 2.70. The van der Waals surface area contributed by atoms with Crippen molar-refractivity contribution in [1.82, 2.24) is 0 Å². The molecule has 0 radical (unpaired) electrons. The van der Waals surface area contributed by atoms with Crippen LogP contribution in [0.25, 0.3) is 0 Å². The molecule has 168 valence electrons. The van der Waals surface area contributed by atoms with E-state index < -0.39 is 10.0 Å². The molecule has 0 atom stereocenters. The van der Waals surface area contributed by atoms with Crippen molar-refractivity contribution in [2.45, 2.75) is 18.7 Å². The van der Waals surface area contributed by atoms with Gasteiger partial charge >= 0.3 is 0 Å². The zero-order valence-electron chi connectivity index (χ0n) is 17.8. The quantitative estimate of drug-likeness (QED) is 0.442. The lowest BCUT2D eigenvalue weighted by Gasteiger charge is -2.13. The van der Waals surface area contributed by atoms with Crippen LogP contribution in [0.5, 0.6) is 11.5 Å². The van der Waals surface area contributed by atoms with Crippen LogP contribution in [-0.2, 0) is 14.8 Å². The van der Waals surface area contributed by atoms with Gasteiger partial charge in [0.1, 0.15) is 11.5 Å². The highest BCUT2D eigenvalue weighted by Crippen LogP contribution is 2.27. The second kappa shape index (κ2) is 10.1. The Hall–Kier alpha value is -3.04. The van der Waals surface area contributed by atoms with Crippen LogP contribution in [0.4, 0.5) is 11.4 Å². The Morgan fingerprint density at radius 1 is 0.938 bits per heavy atom. The van der Waals surface area contributed by atoms with E-state index in [2.05, 4.69) is 26.0 Å². The number of halogens is 1. The van der Waals surface area contributed by atoms with Gasteiger partial charge in [-0.3, -0.25) is 9.52 Å². The molecule has 0 aromatic heterocycles. The average molecular weight is 519 g/mol. The zero-order chi connectivity index (χ0) is 23.3. The van der Waals surface area contributed by atoms with Gasteiger partial charge in [-0.05, 0) is 85.6 Å². The molecular weight excluding hydrogens is 496 g/mol. The highest BCUT2D eigenvalue weighted by atomic mass is 79.9. The van der Waals surface area contributed by atoms with Gasteiger partial charge in [-0.1, -0.05) is 15.9 Å². The molecule has 9 heteroatoms. The molecule has 3 aromatic carbocycles. The number of nitrogens with one attached hydrogen (secondary N) is 2. The summed E-state index contributed by atoms with van der Waals surface area (Å²) in [6.07, 6.45) is 0. The van der Waals surface area contributed by atoms with E-state index in [4.69, 9.17) is 9.47 Å². The number of sulfonamides is 1. The van der Waals surface area contributed by atoms with Crippen LogP contribution in [0.2, 0.25) is 0 Å². The first-order valence-electron chi connectivity index (χ1n) is 9.64. The lowest BCUT2D eigenvalue weighted by atomic mass is 10.1. The molecule has 1 amide bonds. The van der Waals surface area contributed by atoms with Crippen LogP contribution in [-0.4, -0.2) is 28.0 Å². The molecule has 2 N–H and O–H groups in total. The standard InChI is InChI=1S/C23H23BrN2O5S/c1-15-12-17(24)13-16(2)23(15)31-14-22(27)25-18-6-10-21(11-7-18)32(28,29)26-19-4-8-20(30-3)9-5-19/h4-13,26H,14H2,1-3H3,(H,25,27). The lowest BCUT2D eigenvalue weighted by Crippen LogP contribution is -2.20. The van der Waals surface area contributed by atoms with Gasteiger partial charge in [-0.15, -0.1) is 0 Å². The van der Waals surface area contributed by atoms with Crippen molar-refractivity contribution in [3.05, 3.63) is 76.3 Å². The van der Waals surface area contributed by atoms with Crippen LogP contribution >= 0.6 is 15.9 Å². The van der Waals surface area contributed by atoms with Gasteiger partial charge in [0.25, 0.3) is 15.9 Å². The SMILES string of the molecule is COc1ccc(NS(=O)(=O)c2ccc(NC(=O)COc3c(C)cc(Br)cc3C)cc2)cc1. The van der Waals surface area contributed by atoms with Crippen LogP contribution < -0.4 is 19.5 Å². The van der Waals surface area contributed by atoms with E-state index in [0.717, 1.165) is 15.6 Å². The first-order valence-corrected chi connectivity index (χ1v) is 11.9. The number of carbonyl (C=O) groups is 1. The van der Waals surface area contributed by atoms with E-state index >= 15 is 0 Å². The molecular formula is C23H23BrN2O5S. The average Bonchev–Trinajstić information content (AvgIpc) is 2.73. The maximum absolute atomic E-state index is 12.6. The number of carbonyl (C=O) groups excluding carboxylic acids is 1. The number of aryl methyl sites for hydroxylation is 2. The number of anilines is 2. The summed E-state index contributed by atoms with van der Waals surface area (Å²) in [5.41, 5.74) is 2.72. The fourth-order valence-corrected chi connectivity index (χ4v) is 4.80. The van der Waals surface area contributed by atoms with Crippen molar-refractivity contribution in [3.8, 4) is 11.5 Å². The minimum atomic E-state index is -3.77. The summed E-state index contributed by atoms with van der Waals surface area (Å²) < 4.78 is 39.4. The Balaban J connectivity index is 1.60. The Morgan fingerprint density at radius 2 is 1.50 bits per heavy atom. The molecule has 0 fully saturated rings. The third-order valence-corrected chi connectivity index (χ3v) is 6.42. The predicted octanol–water partition coefficient (Wildman–Crippen LogP) is 4.89. The Kier molecular flexibility index (Phi) is 7.42. The smallest absolute Gasteiger partial charge is 0.262 e. The minimum Gasteiger partial charge on any atom is -0.497 e. The van der Waals surface area contributed by atoms with Crippen LogP contribution in [0.3, 0.4) is 0 Å². The van der Waals surface area contributed by atoms with Gasteiger partial charge in [0, 0.05) is 15.8 Å². The van der Waals surface area contributed by atoms with Crippen LogP contribution in [0, 0.1) is 13.8 Å². The third-order valence-electron chi connectivity index (χ3n) is 4.56.